The van der Waals surface area contributed by atoms with Crippen LogP contribution in [0.4, 0.5) is 5.69 Å². The van der Waals surface area contributed by atoms with E-state index in [1.807, 2.05) is 17.2 Å². The van der Waals surface area contributed by atoms with Crippen molar-refractivity contribution in [3.8, 4) is 12.3 Å². The van der Waals surface area contributed by atoms with Crippen LogP contribution in [-0.2, 0) is 44.6 Å². The van der Waals surface area contributed by atoms with Crippen molar-refractivity contribution in [3.05, 3.63) is 41.2 Å². The molecule has 13 heteroatoms. The SMILES string of the molecule is C#CCOCCOCCOCCOCCOCCOCc1cn([C@@H]2c3cc(C(=O)OC)ccc3N(C(C)=O)[C@@H](CC)[C@H]2C)nn1. The second-order valence-corrected chi connectivity index (χ2v) is 10.4. The molecule has 0 unspecified atom stereocenters. The van der Waals surface area contributed by atoms with Gasteiger partial charge in [-0.15, -0.1) is 11.5 Å². The van der Waals surface area contributed by atoms with Crippen molar-refractivity contribution in [1.29, 1.82) is 0 Å². The van der Waals surface area contributed by atoms with E-state index in [9.17, 15) is 9.59 Å². The molecule has 248 valence electrons. The highest BCUT2D eigenvalue weighted by Gasteiger charge is 2.41. The number of amides is 1. The van der Waals surface area contributed by atoms with Gasteiger partial charge in [0, 0.05) is 30.1 Å². The third-order valence-corrected chi connectivity index (χ3v) is 7.36. The fourth-order valence-electron chi connectivity index (χ4n) is 5.32. The van der Waals surface area contributed by atoms with Gasteiger partial charge < -0.3 is 38.1 Å². The molecule has 1 aliphatic rings. The van der Waals surface area contributed by atoms with E-state index in [4.69, 9.17) is 39.6 Å². The number of rotatable bonds is 21. The first kappa shape index (κ1) is 36.1. The summed E-state index contributed by atoms with van der Waals surface area (Å²) in [5, 5.41) is 8.73. The normalized spacial score (nSPS) is 17.6. The first-order valence-corrected chi connectivity index (χ1v) is 15.3. The van der Waals surface area contributed by atoms with Gasteiger partial charge in [-0.3, -0.25) is 4.79 Å². The molecule has 2 aromatic rings. The van der Waals surface area contributed by atoms with Gasteiger partial charge in [-0.25, -0.2) is 9.48 Å². The summed E-state index contributed by atoms with van der Waals surface area (Å²) in [7, 11) is 1.35. The molecule has 1 amide bonds. The fourth-order valence-corrected chi connectivity index (χ4v) is 5.32. The third kappa shape index (κ3) is 10.9. The predicted octanol–water partition coefficient (Wildman–Crippen LogP) is 2.67. The highest BCUT2D eigenvalue weighted by molar-refractivity contribution is 5.96. The standard InChI is InChI=1S/C32H46N4O9/c1-6-10-40-11-12-41-13-14-42-15-16-43-17-18-44-19-20-45-23-27-22-35(34-33-27)31-24(3)29(7-2)36(25(4)37)30-9-8-26(21-28(30)31)32(38)39-5/h1,8-9,21-22,24,29,31H,7,10-20,23H2,2-5H3/t24-,29+,31+/m1/s1. The Kier molecular flexibility index (Phi) is 16.0. The number of benzene rings is 1. The van der Waals surface area contributed by atoms with Crippen molar-refractivity contribution in [2.75, 3.05) is 84.7 Å². The summed E-state index contributed by atoms with van der Waals surface area (Å²) in [6.45, 7) is 10.9. The number of carbonyl (C=O) groups excluding carboxylic acids is 2. The van der Waals surface area contributed by atoms with E-state index in [0.29, 0.717) is 83.9 Å². The number of fused-ring (bicyclic) bond motifs is 1. The van der Waals surface area contributed by atoms with Crippen LogP contribution in [0.3, 0.4) is 0 Å². The van der Waals surface area contributed by atoms with Gasteiger partial charge in [0.2, 0.25) is 5.91 Å². The number of carbonyl (C=O) groups is 2. The molecule has 13 nitrogen and oxygen atoms in total. The minimum atomic E-state index is -0.441. The lowest BCUT2D eigenvalue weighted by Gasteiger charge is -2.44. The van der Waals surface area contributed by atoms with Crippen LogP contribution in [0.25, 0.3) is 0 Å². The number of hydrogen-bond donors (Lipinski definition) is 0. The van der Waals surface area contributed by atoms with E-state index in [2.05, 4.69) is 30.1 Å². The number of nitrogens with zero attached hydrogens (tertiary/aromatic N) is 4. The van der Waals surface area contributed by atoms with Gasteiger partial charge in [0.1, 0.15) is 12.3 Å². The quantitative estimate of drug-likeness (QED) is 0.115. The van der Waals surface area contributed by atoms with Gasteiger partial charge in [-0.1, -0.05) is 25.0 Å². The van der Waals surface area contributed by atoms with Crippen LogP contribution in [0, 0.1) is 18.3 Å². The maximum Gasteiger partial charge on any atom is 0.337 e. The lowest BCUT2D eigenvalue weighted by molar-refractivity contribution is -0.117. The number of ether oxygens (including phenoxy) is 7. The van der Waals surface area contributed by atoms with Crippen LogP contribution in [0.2, 0.25) is 0 Å². The molecule has 0 saturated heterocycles. The molecule has 3 rings (SSSR count). The Bertz CT molecular complexity index is 1230. The number of esters is 1. The Balaban J connectivity index is 1.38. The molecule has 0 fully saturated rings. The van der Waals surface area contributed by atoms with Crippen LogP contribution >= 0.6 is 0 Å². The van der Waals surface area contributed by atoms with E-state index < -0.39 is 5.97 Å². The maximum atomic E-state index is 12.7. The van der Waals surface area contributed by atoms with E-state index in [0.717, 1.165) is 17.7 Å². The second kappa shape index (κ2) is 19.9. The summed E-state index contributed by atoms with van der Waals surface area (Å²) in [6, 6.07) is 5.00. The second-order valence-electron chi connectivity index (χ2n) is 10.4. The van der Waals surface area contributed by atoms with Crippen molar-refractivity contribution in [2.24, 2.45) is 5.92 Å². The average Bonchev–Trinajstić information content (AvgIpc) is 3.50. The first-order chi connectivity index (χ1) is 21.9. The summed E-state index contributed by atoms with van der Waals surface area (Å²) in [5.74, 6) is 1.91. The van der Waals surface area contributed by atoms with Crippen LogP contribution in [-0.4, -0.2) is 113 Å². The summed E-state index contributed by atoms with van der Waals surface area (Å²) < 4.78 is 39.5. The average molecular weight is 631 g/mol. The molecule has 2 heterocycles. The van der Waals surface area contributed by atoms with Crippen LogP contribution in [0.1, 0.15) is 54.8 Å². The van der Waals surface area contributed by atoms with E-state index in [-0.39, 0.29) is 30.5 Å². The van der Waals surface area contributed by atoms with Crippen molar-refractivity contribution < 1.29 is 42.7 Å². The Hall–Kier alpha value is -3.38. The summed E-state index contributed by atoms with van der Waals surface area (Å²) in [5.41, 5.74) is 2.66. The van der Waals surface area contributed by atoms with Crippen LogP contribution in [0.15, 0.2) is 24.4 Å². The van der Waals surface area contributed by atoms with Crippen molar-refractivity contribution in [3.63, 3.8) is 0 Å². The molecule has 0 bridgehead atoms. The van der Waals surface area contributed by atoms with Crippen molar-refractivity contribution in [2.45, 2.75) is 45.9 Å². The molecule has 1 aromatic carbocycles. The van der Waals surface area contributed by atoms with E-state index >= 15 is 0 Å². The predicted molar refractivity (Wildman–Crippen MR) is 165 cm³/mol. The molecule has 0 N–H and O–H groups in total. The molecule has 0 radical (unpaired) electrons. The van der Waals surface area contributed by atoms with Crippen LogP contribution < -0.4 is 4.90 Å². The molecule has 1 aromatic heterocycles. The molecule has 45 heavy (non-hydrogen) atoms. The zero-order valence-electron chi connectivity index (χ0n) is 26.8. The van der Waals surface area contributed by atoms with Gasteiger partial charge in [-0.05, 0) is 24.6 Å². The van der Waals surface area contributed by atoms with Crippen LogP contribution in [0.5, 0.6) is 0 Å². The maximum absolute atomic E-state index is 12.7. The number of methoxy groups -OCH3 is 1. The minimum absolute atomic E-state index is 0.00118. The molecule has 0 spiro atoms. The monoisotopic (exact) mass is 630 g/mol. The minimum Gasteiger partial charge on any atom is -0.465 e. The zero-order valence-corrected chi connectivity index (χ0v) is 26.8. The first-order valence-electron chi connectivity index (χ1n) is 15.3. The molecule has 0 aliphatic carbocycles. The number of terminal acetylenes is 1. The largest absolute Gasteiger partial charge is 0.465 e. The van der Waals surface area contributed by atoms with Gasteiger partial charge >= 0.3 is 5.97 Å². The molecular formula is C32H46N4O9. The fraction of sp³-hybridized carbons (Fsp3) is 0.625. The lowest BCUT2D eigenvalue weighted by Crippen LogP contribution is -2.49. The lowest BCUT2D eigenvalue weighted by atomic mass is 9.80. The molecule has 3 atom stereocenters. The Morgan fingerprint density at radius 1 is 0.911 bits per heavy atom. The smallest absolute Gasteiger partial charge is 0.337 e. The van der Waals surface area contributed by atoms with E-state index in [1.54, 1.807) is 23.7 Å². The Morgan fingerprint density at radius 3 is 2.02 bits per heavy atom. The summed E-state index contributed by atoms with van der Waals surface area (Å²) in [6.07, 6.45) is 7.71. The summed E-state index contributed by atoms with van der Waals surface area (Å²) >= 11 is 0. The highest BCUT2D eigenvalue weighted by atomic mass is 16.6. The van der Waals surface area contributed by atoms with Gasteiger partial charge in [-0.2, -0.15) is 0 Å². The zero-order chi connectivity index (χ0) is 32.4. The Labute approximate surface area is 265 Å². The molecular weight excluding hydrogens is 584 g/mol. The van der Waals surface area contributed by atoms with Gasteiger partial charge in [0.25, 0.3) is 0 Å². The number of hydrogen-bond acceptors (Lipinski definition) is 11. The molecule has 1 aliphatic heterocycles. The highest BCUT2D eigenvalue weighted by Crippen LogP contribution is 2.44. The van der Waals surface area contributed by atoms with Gasteiger partial charge in [0.05, 0.1) is 97.6 Å². The van der Waals surface area contributed by atoms with E-state index in [1.165, 1.54) is 7.11 Å². The Morgan fingerprint density at radius 2 is 1.49 bits per heavy atom. The molecule has 0 saturated carbocycles. The topological polar surface area (TPSA) is 133 Å². The number of anilines is 1. The van der Waals surface area contributed by atoms with Gasteiger partial charge in [0.15, 0.2) is 0 Å². The van der Waals surface area contributed by atoms with Crippen molar-refractivity contribution in [1.82, 2.24) is 15.0 Å². The number of aromatic nitrogens is 3. The third-order valence-electron chi connectivity index (χ3n) is 7.36. The van der Waals surface area contributed by atoms with Crippen molar-refractivity contribution >= 4 is 17.6 Å². The summed E-state index contributed by atoms with van der Waals surface area (Å²) in [4.78, 5) is 26.8.